The van der Waals surface area contributed by atoms with Crippen molar-refractivity contribution in [1.82, 2.24) is 5.43 Å². The molecule has 0 saturated carbocycles. The molecule has 0 fully saturated rings. The zero-order chi connectivity index (χ0) is 14.2. The van der Waals surface area contributed by atoms with E-state index in [0.717, 1.165) is 5.56 Å². The topological polar surface area (TPSA) is 62.7 Å². The van der Waals surface area contributed by atoms with Gasteiger partial charge in [0.1, 0.15) is 5.75 Å². The Bertz CT molecular complexity index is 597. The average molecular weight is 269 g/mol. The molecule has 2 aromatic carbocycles. The first kappa shape index (κ1) is 13.6. The van der Waals surface area contributed by atoms with Crippen molar-refractivity contribution in [3.8, 4) is 5.75 Å². The quantitative estimate of drug-likeness (QED) is 0.662. The maximum atomic E-state index is 11.6. The van der Waals surface area contributed by atoms with Crippen LogP contribution in [0.3, 0.4) is 0 Å². The summed E-state index contributed by atoms with van der Waals surface area (Å²) in [6.07, 6.45) is 1.53. The van der Waals surface area contributed by atoms with Crippen molar-refractivity contribution in [2.24, 2.45) is 5.10 Å². The molecule has 2 N–H and O–H groups in total. The summed E-state index contributed by atoms with van der Waals surface area (Å²) in [6.45, 7) is 0. The fourth-order valence-corrected chi connectivity index (χ4v) is 1.61. The maximum absolute atomic E-state index is 11.6. The van der Waals surface area contributed by atoms with Crippen molar-refractivity contribution < 1.29 is 9.53 Å². The molecule has 0 aliphatic carbocycles. The molecule has 2 aromatic rings. The summed E-state index contributed by atoms with van der Waals surface area (Å²) in [4.78, 5) is 11.6. The lowest BCUT2D eigenvalue weighted by Crippen LogP contribution is -2.24. The van der Waals surface area contributed by atoms with E-state index in [-0.39, 0.29) is 0 Å². The second-order valence-electron chi connectivity index (χ2n) is 3.93. The van der Waals surface area contributed by atoms with E-state index in [1.54, 1.807) is 19.2 Å². The molecule has 0 unspecified atom stereocenters. The van der Waals surface area contributed by atoms with Crippen LogP contribution < -0.4 is 15.5 Å². The predicted octanol–water partition coefficient (Wildman–Crippen LogP) is 2.85. The highest BCUT2D eigenvalue weighted by Gasteiger charge is 2.00. The minimum atomic E-state index is -0.401. The number of hydrazone groups is 1. The maximum Gasteiger partial charge on any atom is 0.339 e. The molecule has 5 heteroatoms. The van der Waals surface area contributed by atoms with Gasteiger partial charge in [0.2, 0.25) is 0 Å². The van der Waals surface area contributed by atoms with Gasteiger partial charge >= 0.3 is 6.03 Å². The van der Waals surface area contributed by atoms with Gasteiger partial charge in [-0.2, -0.15) is 5.10 Å². The number of hydrogen-bond acceptors (Lipinski definition) is 3. The molecule has 0 aliphatic heterocycles. The van der Waals surface area contributed by atoms with Crippen LogP contribution in [0.5, 0.6) is 5.75 Å². The molecular weight excluding hydrogens is 254 g/mol. The van der Waals surface area contributed by atoms with Crippen molar-refractivity contribution in [3.63, 3.8) is 0 Å². The van der Waals surface area contributed by atoms with Gasteiger partial charge < -0.3 is 10.1 Å². The number of benzene rings is 2. The number of rotatable bonds is 4. The van der Waals surface area contributed by atoms with E-state index in [1.807, 2.05) is 42.5 Å². The second kappa shape index (κ2) is 6.94. The number of urea groups is 1. The molecule has 20 heavy (non-hydrogen) atoms. The zero-order valence-electron chi connectivity index (χ0n) is 11.0. The first-order valence-corrected chi connectivity index (χ1v) is 6.08. The molecule has 0 atom stereocenters. The van der Waals surface area contributed by atoms with Crippen molar-refractivity contribution in [2.75, 3.05) is 12.4 Å². The van der Waals surface area contributed by atoms with Gasteiger partial charge in [-0.05, 0) is 24.3 Å². The number of hydrogen-bond donors (Lipinski definition) is 2. The molecule has 102 valence electrons. The van der Waals surface area contributed by atoms with Gasteiger partial charge in [0.05, 0.1) is 13.3 Å². The molecule has 0 saturated heterocycles. The molecule has 0 spiro atoms. The molecule has 0 radical (unpaired) electrons. The molecule has 0 aliphatic rings. The number of para-hydroxylation sites is 2. The Morgan fingerprint density at radius 3 is 2.55 bits per heavy atom. The number of anilines is 1. The minimum Gasteiger partial charge on any atom is -0.496 e. The fraction of sp³-hybridized carbons (Fsp3) is 0.0667. The van der Waals surface area contributed by atoms with E-state index in [0.29, 0.717) is 11.4 Å². The summed E-state index contributed by atoms with van der Waals surface area (Å²) in [7, 11) is 1.59. The summed E-state index contributed by atoms with van der Waals surface area (Å²) in [5.74, 6) is 0.696. The lowest BCUT2D eigenvalue weighted by molar-refractivity contribution is 0.252. The Balaban J connectivity index is 1.91. The fourth-order valence-electron chi connectivity index (χ4n) is 1.61. The summed E-state index contributed by atoms with van der Waals surface area (Å²) < 4.78 is 5.18. The van der Waals surface area contributed by atoms with Crippen molar-refractivity contribution in [3.05, 3.63) is 60.2 Å². The van der Waals surface area contributed by atoms with Crippen LogP contribution in [0.15, 0.2) is 59.7 Å². The standard InChI is InChI=1S/C15H15N3O2/c1-20-14-10-6-5-7-12(14)11-16-18-15(19)17-13-8-3-2-4-9-13/h2-11H,1H3,(H2,17,18,19). The SMILES string of the molecule is COc1ccccc1C=NNC(=O)Nc1ccccc1. The third-order valence-corrected chi connectivity index (χ3v) is 2.54. The minimum absolute atomic E-state index is 0.401. The Kier molecular flexibility index (Phi) is 4.72. The molecule has 2 amide bonds. The highest BCUT2D eigenvalue weighted by atomic mass is 16.5. The van der Waals surface area contributed by atoms with Gasteiger partial charge in [-0.25, -0.2) is 10.2 Å². The summed E-state index contributed by atoms with van der Waals surface area (Å²) in [5, 5.41) is 6.54. The Labute approximate surface area is 117 Å². The highest BCUT2D eigenvalue weighted by Crippen LogP contribution is 2.14. The van der Waals surface area contributed by atoms with E-state index >= 15 is 0 Å². The van der Waals surface area contributed by atoms with Gasteiger partial charge in [0.25, 0.3) is 0 Å². The van der Waals surface area contributed by atoms with E-state index in [9.17, 15) is 4.79 Å². The number of ether oxygens (including phenoxy) is 1. The third kappa shape index (κ3) is 3.84. The molecule has 0 heterocycles. The molecule has 5 nitrogen and oxygen atoms in total. The zero-order valence-corrected chi connectivity index (χ0v) is 11.0. The largest absolute Gasteiger partial charge is 0.496 e. The van der Waals surface area contributed by atoms with Gasteiger partial charge in [-0.15, -0.1) is 0 Å². The molecular formula is C15H15N3O2. The first-order chi connectivity index (χ1) is 9.79. The van der Waals surface area contributed by atoms with Crippen molar-refractivity contribution in [2.45, 2.75) is 0 Å². The van der Waals surface area contributed by atoms with Crippen molar-refractivity contribution in [1.29, 1.82) is 0 Å². The Morgan fingerprint density at radius 2 is 1.80 bits per heavy atom. The molecule has 2 rings (SSSR count). The summed E-state index contributed by atoms with van der Waals surface area (Å²) in [6, 6.07) is 16.2. The molecule has 0 aromatic heterocycles. The lowest BCUT2D eigenvalue weighted by atomic mass is 10.2. The van der Waals surface area contributed by atoms with Crippen LogP contribution in [0.2, 0.25) is 0 Å². The van der Waals surface area contributed by atoms with Gasteiger partial charge in [0.15, 0.2) is 0 Å². The number of methoxy groups -OCH3 is 1. The van der Waals surface area contributed by atoms with Gasteiger partial charge in [0, 0.05) is 11.3 Å². The van der Waals surface area contributed by atoms with E-state index in [4.69, 9.17) is 4.74 Å². The Morgan fingerprint density at radius 1 is 1.10 bits per heavy atom. The number of nitrogens with one attached hydrogen (secondary N) is 2. The van der Waals surface area contributed by atoms with E-state index in [1.165, 1.54) is 6.21 Å². The van der Waals surface area contributed by atoms with E-state index in [2.05, 4.69) is 15.8 Å². The summed E-state index contributed by atoms with van der Waals surface area (Å²) >= 11 is 0. The van der Waals surface area contributed by atoms with E-state index < -0.39 is 6.03 Å². The normalized spacial score (nSPS) is 10.2. The second-order valence-corrected chi connectivity index (χ2v) is 3.93. The van der Waals surface area contributed by atoms with Crippen LogP contribution in [-0.2, 0) is 0 Å². The smallest absolute Gasteiger partial charge is 0.339 e. The monoisotopic (exact) mass is 269 g/mol. The lowest BCUT2D eigenvalue weighted by Gasteiger charge is -2.04. The Hall–Kier alpha value is -2.82. The number of amides is 2. The summed E-state index contributed by atoms with van der Waals surface area (Å²) in [5.41, 5.74) is 3.89. The van der Waals surface area contributed by atoms with Crippen molar-refractivity contribution >= 4 is 17.9 Å². The van der Waals surface area contributed by atoms with Crippen LogP contribution in [0, 0.1) is 0 Å². The third-order valence-electron chi connectivity index (χ3n) is 2.54. The van der Waals surface area contributed by atoms with Gasteiger partial charge in [-0.1, -0.05) is 30.3 Å². The van der Waals surface area contributed by atoms with Crippen LogP contribution in [0.4, 0.5) is 10.5 Å². The van der Waals surface area contributed by atoms with Gasteiger partial charge in [-0.3, -0.25) is 0 Å². The first-order valence-electron chi connectivity index (χ1n) is 6.08. The number of carbonyl (C=O) groups excluding carboxylic acids is 1. The number of nitrogens with zero attached hydrogens (tertiary/aromatic N) is 1. The highest BCUT2D eigenvalue weighted by molar-refractivity contribution is 5.90. The van der Waals surface area contributed by atoms with Crippen LogP contribution in [0.1, 0.15) is 5.56 Å². The average Bonchev–Trinajstić information content (AvgIpc) is 2.49. The molecule has 0 bridgehead atoms. The van der Waals surface area contributed by atoms with Crippen LogP contribution in [-0.4, -0.2) is 19.4 Å². The predicted molar refractivity (Wildman–Crippen MR) is 79.2 cm³/mol. The van der Waals surface area contributed by atoms with Crippen LogP contribution >= 0.6 is 0 Å². The van der Waals surface area contributed by atoms with Crippen LogP contribution in [0.25, 0.3) is 0 Å². The number of carbonyl (C=O) groups is 1.